The van der Waals surface area contributed by atoms with Crippen molar-refractivity contribution in [3.05, 3.63) is 35.4 Å². The Bertz CT molecular complexity index is 503. The molecule has 0 radical (unpaired) electrons. The number of hydrogen-bond donors (Lipinski definition) is 1. The average Bonchev–Trinajstić information content (AvgIpc) is 2.21. The lowest BCUT2D eigenvalue weighted by Crippen LogP contribution is -2.37. The molecule has 0 saturated heterocycles. The highest BCUT2D eigenvalue weighted by molar-refractivity contribution is 7.87. The van der Waals surface area contributed by atoms with Gasteiger partial charge in [-0.15, -0.1) is 0 Å². The molecule has 1 rings (SSSR count). The fraction of sp³-hybridized carbons (Fsp3) is 0.400. The Morgan fingerprint density at radius 1 is 1.24 bits per heavy atom. The van der Waals surface area contributed by atoms with Crippen LogP contribution in [0.15, 0.2) is 18.2 Å². The molecule has 0 bridgehead atoms. The Balaban J connectivity index is 2.91. The molecule has 4 nitrogen and oxygen atoms in total. The zero-order valence-corrected chi connectivity index (χ0v) is 10.6. The Hall–Kier alpha value is -1.05. The molecule has 0 aliphatic heterocycles. The minimum absolute atomic E-state index is 0.356. The smallest absolute Gasteiger partial charge is 0.204 e. The summed E-state index contributed by atoms with van der Waals surface area (Å²) in [4.78, 5) is 0. The van der Waals surface area contributed by atoms with E-state index in [1.165, 1.54) is 20.2 Å². The molecule has 17 heavy (non-hydrogen) atoms. The van der Waals surface area contributed by atoms with Gasteiger partial charge in [0.15, 0.2) is 11.6 Å². The standard InChI is InChI=1S/C10H14F2N2O2S/c1-7(13-17(15,16)14(2)3)8-4-5-9(11)10(12)6-8/h4-7,13H,1-3H3. The summed E-state index contributed by atoms with van der Waals surface area (Å²) >= 11 is 0. The predicted octanol–water partition coefficient (Wildman–Crippen LogP) is 1.42. The van der Waals surface area contributed by atoms with Crippen molar-refractivity contribution in [1.82, 2.24) is 9.03 Å². The van der Waals surface area contributed by atoms with Gasteiger partial charge in [-0.3, -0.25) is 0 Å². The molecule has 0 aliphatic rings. The SMILES string of the molecule is CC(NS(=O)(=O)N(C)C)c1ccc(F)c(F)c1. The number of benzene rings is 1. The Kier molecular flexibility index (Phi) is 4.18. The first-order chi connectivity index (χ1) is 7.74. The second kappa shape index (κ2) is 5.07. The largest absolute Gasteiger partial charge is 0.279 e. The number of nitrogens with one attached hydrogen (secondary N) is 1. The average molecular weight is 264 g/mol. The van der Waals surface area contributed by atoms with Crippen molar-refractivity contribution in [2.75, 3.05) is 14.1 Å². The summed E-state index contributed by atoms with van der Waals surface area (Å²) in [6.45, 7) is 1.55. The number of rotatable bonds is 4. The van der Waals surface area contributed by atoms with Gasteiger partial charge in [0.05, 0.1) is 0 Å². The third-order valence-electron chi connectivity index (χ3n) is 2.25. The lowest BCUT2D eigenvalue weighted by atomic mass is 10.1. The van der Waals surface area contributed by atoms with Crippen LogP contribution in [0.25, 0.3) is 0 Å². The fourth-order valence-corrected chi connectivity index (χ4v) is 1.97. The van der Waals surface area contributed by atoms with Gasteiger partial charge in [-0.1, -0.05) is 6.07 Å². The maximum Gasteiger partial charge on any atom is 0.279 e. The highest BCUT2D eigenvalue weighted by Gasteiger charge is 2.18. The highest BCUT2D eigenvalue weighted by Crippen LogP contribution is 2.16. The Morgan fingerprint density at radius 3 is 2.29 bits per heavy atom. The van der Waals surface area contributed by atoms with E-state index in [0.717, 1.165) is 16.4 Å². The molecular formula is C10H14F2N2O2S. The second-order valence-corrected chi connectivity index (χ2v) is 5.72. The van der Waals surface area contributed by atoms with Gasteiger partial charge in [-0.2, -0.15) is 17.4 Å². The van der Waals surface area contributed by atoms with Crippen LogP contribution in [0.1, 0.15) is 18.5 Å². The maximum absolute atomic E-state index is 13.0. The van der Waals surface area contributed by atoms with Crippen molar-refractivity contribution in [3.8, 4) is 0 Å². The van der Waals surface area contributed by atoms with Crippen LogP contribution in [-0.2, 0) is 10.2 Å². The van der Waals surface area contributed by atoms with E-state index < -0.39 is 27.9 Å². The van der Waals surface area contributed by atoms with Crippen LogP contribution in [0.5, 0.6) is 0 Å². The summed E-state index contributed by atoms with van der Waals surface area (Å²) in [5.74, 6) is -1.96. The molecule has 0 amide bonds. The van der Waals surface area contributed by atoms with Crippen LogP contribution >= 0.6 is 0 Å². The van der Waals surface area contributed by atoms with E-state index in [9.17, 15) is 17.2 Å². The number of hydrogen-bond acceptors (Lipinski definition) is 2. The summed E-state index contributed by atoms with van der Waals surface area (Å²) in [6, 6.07) is 2.63. The molecule has 1 atom stereocenters. The van der Waals surface area contributed by atoms with E-state index >= 15 is 0 Å². The van der Waals surface area contributed by atoms with Crippen molar-refractivity contribution >= 4 is 10.2 Å². The minimum atomic E-state index is -3.60. The van der Waals surface area contributed by atoms with Crippen molar-refractivity contribution in [3.63, 3.8) is 0 Å². The quantitative estimate of drug-likeness (QED) is 0.894. The normalized spacial score (nSPS) is 14.0. The van der Waals surface area contributed by atoms with Gasteiger partial charge in [0, 0.05) is 20.1 Å². The first kappa shape index (κ1) is 14.0. The zero-order valence-electron chi connectivity index (χ0n) is 9.74. The van der Waals surface area contributed by atoms with E-state index in [-0.39, 0.29) is 0 Å². The van der Waals surface area contributed by atoms with Gasteiger partial charge in [0.2, 0.25) is 0 Å². The topological polar surface area (TPSA) is 49.4 Å². The predicted molar refractivity (Wildman–Crippen MR) is 60.5 cm³/mol. The summed E-state index contributed by atoms with van der Waals surface area (Å²) in [6.07, 6.45) is 0. The van der Waals surface area contributed by atoms with Gasteiger partial charge in [0.1, 0.15) is 0 Å². The monoisotopic (exact) mass is 264 g/mol. The fourth-order valence-electron chi connectivity index (χ4n) is 1.18. The van der Waals surface area contributed by atoms with Crippen LogP contribution in [0, 0.1) is 11.6 Å². The van der Waals surface area contributed by atoms with E-state index in [2.05, 4.69) is 4.72 Å². The third-order valence-corrected chi connectivity index (χ3v) is 3.86. The lowest BCUT2D eigenvalue weighted by molar-refractivity contribution is 0.489. The van der Waals surface area contributed by atoms with Gasteiger partial charge < -0.3 is 0 Å². The van der Waals surface area contributed by atoms with Crippen LogP contribution in [0.3, 0.4) is 0 Å². The molecule has 7 heteroatoms. The summed E-state index contributed by atoms with van der Waals surface area (Å²) in [5, 5.41) is 0. The van der Waals surface area contributed by atoms with E-state index in [1.807, 2.05) is 0 Å². The van der Waals surface area contributed by atoms with Crippen molar-refractivity contribution in [1.29, 1.82) is 0 Å². The highest BCUT2D eigenvalue weighted by atomic mass is 32.2. The molecule has 1 N–H and O–H groups in total. The van der Waals surface area contributed by atoms with Gasteiger partial charge >= 0.3 is 0 Å². The Labute approximate surface area is 99.4 Å². The molecule has 0 aliphatic carbocycles. The lowest BCUT2D eigenvalue weighted by Gasteiger charge is -2.18. The maximum atomic E-state index is 13.0. The van der Waals surface area contributed by atoms with Crippen molar-refractivity contribution < 1.29 is 17.2 Å². The molecule has 0 fully saturated rings. The summed E-state index contributed by atoms with van der Waals surface area (Å²) in [7, 11) is -0.851. The Morgan fingerprint density at radius 2 is 1.82 bits per heavy atom. The van der Waals surface area contributed by atoms with Crippen LogP contribution in [0.2, 0.25) is 0 Å². The van der Waals surface area contributed by atoms with Gasteiger partial charge in [0.25, 0.3) is 10.2 Å². The molecule has 1 unspecified atom stereocenters. The van der Waals surface area contributed by atoms with E-state index in [4.69, 9.17) is 0 Å². The number of nitrogens with zero attached hydrogens (tertiary/aromatic N) is 1. The van der Waals surface area contributed by atoms with Crippen molar-refractivity contribution in [2.24, 2.45) is 0 Å². The van der Waals surface area contributed by atoms with Crippen molar-refractivity contribution in [2.45, 2.75) is 13.0 Å². The molecule has 1 aromatic carbocycles. The summed E-state index contributed by atoms with van der Waals surface area (Å²) < 4.78 is 52.0. The number of halogens is 2. The molecule has 0 spiro atoms. The molecule has 0 aromatic heterocycles. The van der Waals surface area contributed by atoms with Gasteiger partial charge in [-0.25, -0.2) is 8.78 Å². The van der Waals surface area contributed by atoms with Crippen LogP contribution in [-0.4, -0.2) is 26.8 Å². The van der Waals surface area contributed by atoms with Gasteiger partial charge in [-0.05, 0) is 24.6 Å². The first-order valence-electron chi connectivity index (χ1n) is 4.89. The first-order valence-corrected chi connectivity index (χ1v) is 6.33. The molecule has 0 heterocycles. The zero-order chi connectivity index (χ0) is 13.2. The van der Waals surface area contributed by atoms with Crippen LogP contribution in [0.4, 0.5) is 8.78 Å². The van der Waals surface area contributed by atoms with Crippen LogP contribution < -0.4 is 4.72 Å². The van der Waals surface area contributed by atoms with E-state index in [0.29, 0.717) is 5.56 Å². The molecular weight excluding hydrogens is 250 g/mol. The second-order valence-electron chi connectivity index (χ2n) is 3.80. The molecule has 1 aromatic rings. The third kappa shape index (κ3) is 3.45. The minimum Gasteiger partial charge on any atom is -0.204 e. The molecule has 0 saturated carbocycles. The molecule has 96 valence electrons. The summed E-state index contributed by atoms with van der Waals surface area (Å²) in [5.41, 5.74) is 0.356. The van der Waals surface area contributed by atoms with E-state index in [1.54, 1.807) is 6.92 Å².